The lowest BCUT2D eigenvalue weighted by Crippen LogP contribution is -2.40. The van der Waals surface area contributed by atoms with Gasteiger partial charge in [0.15, 0.2) is 0 Å². The molecule has 1 aliphatic heterocycles. The van der Waals surface area contributed by atoms with Crippen LogP contribution in [-0.4, -0.2) is 40.2 Å². The molecule has 1 amide bonds. The van der Waals surface area contributed by atoms with Gasteiger partial charge < -0.3 is 10.2 Å². The predicted molar refractivity (Wildman–Crippen MR) is 127 cm³/mol. The minimum absolute atomic E-state index is 0.304. The summed E-state index contributed by atoms with van der Waals surface area (Å²) in [6.07, 6.45) is 3.57. The van der Waals surface area contributed by atoms with Gasteiger partial charge in [-0.15, -0.1) is 0 Å². The minimum Gasteiger partial charge on any atom is -0.371 e. The van der Waals surface area contributed by atoms with Crippen LogP contribution in [0.1, 0.15) is 30.9 Å². The summed E-state index contributed by atoms with van der Waals surface area (Å²) in [6.45, 7) is 6.29. The number of nitrogens with zero attached hydrogens (tertiary/aromatic N) is 2. The molecule has 8 heteroatoms. The SMILES string of the molecule is Cc1ccc(N(CC(=O)NCc2ccc(N3CCCC(C)C3)cc2)S(C)(=O)=O)cc1Cl. The van der Waals surface area contributed by atoms with Crippen LogP contribution in [-0.2, 0) is 21.4 Å². The van der Waals surface area contributed by atoms with Crippen molar-refractivity contribution >= 4 is 38.9 Å². The van der Waals surface area contributed by atoms with Gasteiger partial charge in [-0.1, -0.05) is 36.7 Å². The summed E-state index contributed by atoms with van der Waals surface area (Å²) >= 11 is 6.14. The highest BCUT2D eigenvalue weighted by Crippen LogP contribution is 2.25. The second-order valence-corrected chi connectivity index (χ2v) is 10.7. The van der Waals surface area contributed by atoms with Crippen LogP contribution in [0.3, 0.4) is 0 Å². The standard InChI is InChI=1S/C23H30ClN3O3S/c1-17-5-4-12-26(15-17)20-10-7-19(8-11-20)14-25-23(28)16-27(31(3,29)30)21-9-6-18(2)22(24)13-21/h6-11,13,17H,4-5,12,14-16H2,1-3H3,(H,25,28). The molecule has 0 saturated carbocycles. The molecule has 0 aromatic heterocycles. The van der Waals surface area contributed by atoms with Gasteiger partial charge in [0, 0.05) is 30.3 Å². The molecule has 6 nitrogen and oxygen atoms in total. The molecule has 1 atom stereocenters. The van der Waals surface area contributed by atoms with E-state index >= 15 is 0 Å². The molecule has 1 saturated heterocycles. The fourth-order valence-corrected chi connectivity index (χ4v) is 4.80. The molecule has 1 N–H and O–H groups in total. The van der Waals surface area contributed by atoms with Crippen LogP contribution in [0.2, 0.25) is 5.02 Å². The number of hydrogen-bond acceptors (Lipinski definition) is 4. The zero-order chi connectivity index (χ0) is 22.6. The van der Waals surface area contributed by atoms with Gasteiger partial charge in [-0.2, -0.15) is 0 Å². The van der Waals surface area contributed by atoms with Crippen LogP contribution >= 0.6 is 11.6 Å². The van der Waals surface area contributed by atoms with E-state index < -0.39 is 10.0 Å². The largest absolute Gasteiger partial charge is 0.371 e. The number of sulfonamides is 1. The van der Waals surface area contributed by atoms with Crippen molar-refractivity contribution in [2.45, 2.75) is 33.2 Å². The molecule has 1 aliphatic rings. The van der Waals surface area contributed by atoms with Crippen LogP contribution < -0.4 is 14.5 Å². The van der Waals surface area contributed by atoms with Gasteiger partial charge in [0.1, 0.15) is 6.54 Å². The number of halogens is 1. The van der Waals surface area contributed by atoms with Gasteiger partial charge in [-0.25, -0.2) is 8.42 Å². The first-order chi connectivity index (χ1) is 14.6. The Morgan fingerprint density at radius 2 is 1.94 bits per heavy atom. The average Bonchev–Trinajstić information content (AvgIpc) is 2.72. The first-order valence-corrected chi connectivity index (χ1v) is 12.7. The van der Waals surface area contributed by atoms with E-state index in [1.807, 2.05) is 19.1 Å². The Morgan fingerprint density at radius 3 is 2.55 bits per heavy atom. The van der Waals surface area contributed by atoms with Crippen molar-refractivity contribution in [2.24, 2.45) is 5.92 Å². The second-order valence-electron chi connectivity index (χ2n) is 8.34. The van der Waals surface area contributed by atoms with E-state index in [1.54, 1.807) is 18.2 Å². The van der Waals surface area contributed by atoms with E-state index in [-0.39, 0.29) is 12.5 Å². The number of carbonyl (C=O) groups excluding carboxylic acids is 1. The normalized spacial score (nSPS) is 16.8. The Bertz CT molecular complexity index is 1020. The monoisotopic (exact) mass is 463 g/mol. The van der Waals surface area contributed by atoms with E-state index in [4.69, 9.17) is 11.6 Å². The minimum atomic E-state index is -3.64. The third-order valence-electron chi connectivity index (χ3n) is 5.58. The van der Waals surface area contributed by atoms with Gasteiger partial charge in [-0.05, 0) is 61.1 Å². The van der Waals surface area contributed by atoms with Gasteiger partial charge in [0.2, 0.25) is 15.9 Å². The summed E-state index contributed by atoms with van der Waals surface area (Å²) in [4.78, 5) is 14.9. The average molecular weight is 464 g/mol. The summed E-state index contributed by atoms with van der Waals surface area (Å²) in [7, 11) is -3.64. The van der Waals surface area contributed by atoms with Crippen molar-refractivity contribution in [1.82, 2.24) is 5.32 Å². The molecule has 1 fully saturated rings. The van der Waals surface area contributed by atoms with Crippen molar-refractivity contribution < 1.29 is 13.2 Å². The molecule has 2 aromatic rings. The van der Waals surface area contributed by atoms with Crippen molar-refractivity contribution in [2.75, 3.05) is 35.1 Å². The first-order valence-electron chi connectivity index (χ1n) is 10.5. The Hall–Kier alpha value is -2.25. The maximum Gasteiger partial charge on any atom is 0.241 e. The van der Waals surface area contributed by atoms with E-state index in [2.05, 4.69) is 29.3 Å². The Labute approximate surface area is 190 Å². The van der Waals surface area contributed by atoms with E-state index in [0.717, 1.165) is 34.8 Å². The molecule has 0 spiro atoms. The summed E-state index contributed by atoms with van der Waals surface area (Å²) in [6, 6.07) is 13.1. The van der Waals surface area contributed by atoms with Gasteiger partial charge in [-0.3, -0.25) is 9.10 Å². The zero-order valence-corrected chi connectivity index (χ0v) is 19.8. The number of amides is 1. The zero-order valence-electron chi connectivity index (χ0n) is 18.3. The van der Waals surface area contributed by atoms with Crippen molar-refractivity contribution in [3.8, 4) is 0 Å². The molecule has 168 valence electrons. The Balaban J connectivity index is 1.60. The number of rotatable bonds is 7. The Kier molecular flexibility index (Phi) is 7.49. The number of benzene rings is 2. The lowest BCUT2D eigenvalue weighted by Gasteiger charge is -2.32. The number of piperidine rings is 1. The quantitative estimate of drug-likeness (QED) is 0.674. The topological polar surface area (TPSA) is 69.7 Å². The van der Waals surface area contributed by atoms with Crippen LogP contribution in [0.4, 0.5) is 11.4 Å². The molecule has 3 rings (SSSR count). The molecular weight excluding hydrogens is 434 g/mol. The summed E-state index contributed by atoms with van der Waals surface area (Å²) in [5.41, 5.74) is 3.37. The van der Waals surface area contributed by atoms with E-state index in [1.165, 1.54) is 18.5 Å². The Morgan fingerprint density at radius 1 is 1.23 bits per heavy atom. The summed E-state index contributed by atoms with van der Waals surface area (Å²) in [5, 5.41) is 3.27. The van der Waals surface area contributed by atoms with Crippen molar-refractivity contribution in [3.63, 3.8) is 0 Å². The number of nitrogens with one attached hydrogen (secondary N) is 1. The van der Waals surface area contributed by atoms with Crippen LogP contribution in [0.15, 0.2) is 42.5 Å². The maximum absolute atomic E-state index is 12.5. The number of hydrogen-bond donors (Lipinski definition) is 1. The van der Waals surface area contributed by atoms with Crippen LogP contribution in [0.5, 0.6) is 0 Å². The fraction of sp³-hybridized carbons (Fsp3) is 0.435. The maximum atomic E-state index is 12.5. The predicted octanol–water partition coefficient (Wildman–Crippen LogP) is 3.97. The number of anilines is 2. The number of carbonyl (C=O) groups is 1. The van der Waals surface area contributed by atoms with Crippen LogP contribution in [0.25, 0.3) is 0 Å². The molecular formula is C23H30ClN3O3S. The first kappa shape index (κ1) is 23.4. The van der Waals surface area contributed by atoms with Gasteiger partial charge in [0.25, 0.3) is 0 Å². The van der Waals surface area contributed by atoms with Gasteiger partial charge in [0.05, 0.1) is 11.9 Å². The smallest absolute Gasteiger partial charge is 0.241 e. The highest BCUT2D eigenvalue weighted by Gasteiger charge is 2.21. The molecule has 1 heterocycles. The lowest BCUT2D eigenvalue weighted by atomic mass is 9.99. The highest BCUT2D eigenvalue weighted by molar-refractivity contribution is 7.92. The molecule has 1 unspecified atom stereocenters. The third kappa shape index (κ3) is 6.37. The van der Waals surface area contributed by atoms with E-state index in [0.29, 0.717) is 23.2 Å². The molecule has 0 aliphatic carbocycles. The summed E-state index contributed by atoms with van der Waals surface area (Å²) < 4.78 is 25.6. The molecule has 31 heavy (non-hydrogen) atoms. The molecule has 0 radical (unpaired) electrons. The van der Waals surface area contributed by atoms with Crippen molar-refractivity contribution in [3.05, 3.63) is 58.6 Å². The van der Waals surface area contributed by atoms with Crippen LogP contribution in [0, 0.1) is 12.8 Å². The summed E-state index contributed by atoms with van der Waals surface area (Å²) in [5.74, 6) is 0.324. The fourth-order valence-electron chi connectivity index (χ4n) is 3.77. The van der Waals surface area contributed by atoms with Gasteiger partial charge >= 0.3 is 0 Å². The number of aryl methyl sites for hydroxylation is 1. The lowest BCUT2D eigenvalue weighted by molar-refractivity contribution is -0.119. The molecule has 0 bridgehead atoms. The molecule has 2 aromatic carbocycles. The highest BCUT2D eigenvalue weighted by atomic mass is 35.5. The second kappa shape index (κ2) is 9.92. The van der Waals surface area contributed by atoms with Crippen molar-refractivity contribution in [1.29, 1.82) is 0 Å². The van der Waals surface area contributed by atoms with E-state index in [9.17, 15) is 13.2 Å². The third-order valence-corrected chi connectivity index (χ3v) is 7.13.